The summed E-state index contributed by atoms with van der Waals surface area (Å²) >= 11 is 0. The van der Waals surface area contributed by atoms with Crippen molar-refractivity contribution in [3.05, 3.63) is 103 Å². The second-order valence-electron chi connectivity index (χ2n) is 6.64. The molecule has 3 heteroatoms. The van der Waals surface area contributed by atoms with Crippen LogP contribution in [0.5, 0.6) is 0 Å². The molecular weight excluding hydrogens is 354 g/mol. The van der Waals surface area contributed by atoms with Gasteiger partial charge in [-0.1, -0.05) is 90.9 Å². The number of hydrogen-bond acceptors (Lipinski definition) is 3. The van der Waals surface area contributed by atoms with Gasteiger partial charge in [-0.25, -0.2) is 15.0 Å². The minimum Gasteiger partial charge on any atom is -0.213 e. The third-order valence-electron chi connectivity index (χ3n) is 4.69. The number of fused-ring (bicyclic) bond motifs is 1. The van der Waals surface area contributed by atoms with Crippen LogP contribution in [0.1, 0.15) is 12.7 Å². The highest BCUT2D eigenvalue weighted by atomic mass is 15.0. The number of nitrogens with zero attached hydrogens (tertiary/aromatic N) is 3. The molecule has 0 N–H and O–H groups in total. The molecule has 138 valence electrons. The van der Waals surface area contributed by atoms with Gasteiger partial charge in [0.2, 0.25) is 0 Å². The summed E-state index contributed by atoms with van der Waals surface area (Å²) in [5.74, 6) is 1.39. The lowest BCUT2D eigenvalue weighted by Gasteiger charge is -2.11. The van der Waals surface area contributed by atoms with Crippen molar-refractivity contribution >= 4 is 10.8 Å². The molecule has 0 unspecified atom stereocenters. The molecule has 1 heterocycles. The Morgan fingerprint density at radius 1 is 0.621 bits per heavy atom. The van der Waals surface area contributed by atoms with Crippen LogP contribution in [-0.4, -0.2) is 15.0 Å². The molecule has 0 atom stereocenters. The molecule has 4 aromatic carbocycles. The fraction of sp³-hybridized carbons (Fsp3) is 0.0385. The Hall–Kier alpha value is -3.85. The third-order valence-corrected chi connectivity index (χ3v) is 4.69. The summed E-state index contributed by atoms with van der Waals surface area (Å²) in [6.45, 7) is 1.78. The van der Waals surface area contributed by atoms with Crippen molar-refractivity contribution in [2.75, 3.05) is 0 Å². The molecule has 1 aromatic heterocycles. The summed E-state index contributed by atoms with van der Waals surface area (Å²) in [6.07, 6.45) is 0. The highest BCUT2D eigenvalue weighted by Crippen LogP contribution is 2.31. The van der Waals surface area contributed by atoms with Crippen molar-refractivity contribution in [1.82, 2.24) is 15.0 Å². The molecule has 0 fully saturated rings. The monoisotopic (exact) mass is 378 g/mol. The number of aromatic nitrogens is 3. The largest absolute Gasteiger partial charge is 0.213 e. The summed E-state index contributed by atoms with van der Waals surface area (Å²) in [7, 11) is 0. The predicted molar refractivity (Wildman–Crippen MR) is 118 cm³/mol. The number of aryl methyl sites for hydroxylation is 1. The first-order chi connectivity index (χ1) is 16.3. The van der Waals surface area contributed by atoms with E-state index in [1.54, 1.807) is 25.1 Å². The van der Waals surface area contributed by atoms with E-state index in [1.807, 2.05) is 48.5 Å². The van der Waals surface area contributed by atoms with Gasteiger partial charge in [-0.15, -0.1) is 0 Å². The van der Waals surface area contributed by atoms with Gasteiger partial charge in [0.05, 0.1) is 6.85 Å². The van der Waals surface area contributed by atoms with Crippen LogP contribution in [0.2, 0.25) is 0 Å². The SMILES string of the molecule is [2H]c1c([2H])c([2H])c(-c2ccccc2-c2nc(C)nc(-c3ccc4ccccc4c3)n2)c([2H])c1[2H]. The van der Waals surface area contributed by atoms with Crippen LogP contribution in [0.25, 0.3) is 44.7 Å². The van der Waals surface area contributed by atoms with Crippen molar-refractivity contribution < 1.29 is 6.85 Å². The number of benzene rings is 4. The van der Waals surface area contributed by atoms with Gasteiger partial charge in [0.15, 0.2) is 11.6 Å². The molecule has 0 radical (unpaired) electrons. The molecule has 0 saturated heterocycles. The highest BCUT2D eigenvalue weighted by Gasteiger charge is 2.13. The highest BCUT2D eigenvalue weighted by molar-refractivity contribution is 5.87. The first kappa shape index (κ1) is 12.6. The maximum Gasteiger partial charge on any atom is 0.164 e. The first-order valence-corrected chi connectivity index (χ1v) is 9.23. The molecule has 0 aliphatic heterocycles. The Kier molecular flexibility index (Phi) is 3.16. The number of hydrogen-bond donors (Lipinski definition) is 0. The quantitative estimate of drug-likeness (QED) is 0.368. The van der Waals surface area contributed by atoms with Crippen LogP contribution >= 0.6 is 0 Å². The molecule has 0 saturated carbocycles. The lowest BCUT2D eigenvalue weighted by Crippen LogP contribution is -2.00. The van der Waals surface area contributed by atoms with Gasteiger partial charge in [-0.3, -0.25) is 0 Å². The number of rotatable bonds is 3. The molecule has 0 aliphatic rings. The summed E-state index contributed by atoms with van der Waals surface area (Å²) in [4.78, 5) is 13.8. The van der Waals surface area contributed by atoms with Crippen LogP contribution in [0, 0.1) is 6.92 Å². The van der Waals surface area contributed by atoms with E-state index in [4.69, 9.17) is 11.8 Å². The molecule has 3 nitrogen and oxygen atoms in total. The molecular formula is C26H19N3. The normalized spacial score (nSPS) is 13.3. The fourth-order valence-corrected chi connectivity index (χ4v) is 3.34. The molecule has 5 rings (SSSR count). The van der Waals surface area contributed by atoms with E-state index in [1.165, 1.54) is 0 Å². The zero-order valence-corrected chi connectivity index (χ0v) is 15.7. The molecule has 0 bridgehead atoms. The van der Waals surface area contributed by atoms with E-state index < -0.39 is 6.04 Å². The Morgan fingerprint density at radius 2 is 1.31 bits per heavy atom. The second kappa shape index (κ2) is 7.28. The summed E-state index contributed by atoms with van der Waals surface area (Å²) in [5.41, 5.74) is 1.99. The van der Waals surface area contributed by atoms with Crippen molar-refractivity contribution in [1.29, 1.82) is 0 Å². The van der Waals surface area contributed by atoms with Gasteiger partial charge < -0.3 is 0 Å². The van der Waals surface area contributed by atoms with Crippen LogP contribution < -0.4 is 0 Å². The van der Waals surface area contributed by atoms with E-state index in [0.29, 0.717) is 28.6 Å². The smallest absolute Gasteiger partial charge is 0.164 e. The predicted octanol–water partition coefficient (Wildman–Crippen LogP) is 6.33. The van der Waals surface area contributed by atoms with E-state index in [-0.39, 0.29) is 29.7 Å². The van der Waals surface area contributed by atoms with E-state index >= 15 is 0 Å². The zero-order chi connectivity index (χ0) is 24.0. The average Bonchev–Trinajstić information content (AvgIpc) is 2.86. The topological polar surface area (TPSA) is 38.7 Å². The fourth-order valence-electron chi connectivity index (χ4n) is 3.34. The van der Waals surface area contributed by atoms with Crippen LogP contribution in [-0.2, 0) is 0 Å². The minimum atomic E-state index is -0.425. The molecule has 0 spiro atoms. The van der Waals surface area contributed by atoms with Gasteiger partial charge in [-0.05, 0) is 34.9 Å². The Balaban J connectivity index is 1.71. The van der Waals surface area contributed by atoms with E-state index in [2.05, 4.69) is 9.97 Å². The van der Waals surface area contributed by atoms with Crippen molar-refractivity contribution in [3.8, 4) is 33.9 Å². The zero-order valence-electron chi connectivity index (χ0n) is 20.7. The summed E-state index contributed by atoms with van der Waals surface area (Å²) < 4.78 is 40.8. The average molecular weight is 378 g/mol. The van der Waals surface area contributed by atoms with Crippen molar-refractivity contribution in [3.63, 3.8) is 0 Å². The summed E-state index contributed by atoms with van der Waals surface area (Å²) in [6, 6.07) is 19.4. The second-order valence-corrected chi connectivity index (χ2v) is 6.64. The first-order valence-electron chi connectivity index (χ1n) is 11.7. The van der Waals surface area contributed by atoms with Crippen LogP contribution in [0.15, 0.2) is 96.9 Å². The van der Waals surface area contributed by atoms with Gasteiger partial charge in [0.1, 0.15) is 5.82 Å². The maximum atomic E-state index is 8.40. The minimum absolute atomic E-state index is 0.118. The maximum absolute atomic E-state index is 8.40. The van der Waals surface area contributed by atoms with Crippen LogP contribution in [0.3, 0.4) is 0 Å². The lowest BCUT2D eigenvalue weighted by atomic mass is 9.99. The molecule has 0 aliphatic carbocycles. The van der Waals surface area contributed by atoms with Crippen molar-refractivity contribution in [2.45, 2.75) is 6.92 Å². The van der Waals surface area contributed by atoms with E-state index in [9.17, 15) is 0 Å². The standard InChI is InChI=1S/C26H19N3/c1-18-27-25(22-16-15-19-9-5-6-12-21(19)17-22)29-26(28-18)24-14-8-7-13-23(24)20-10-3-2-4-11-20/h2-17H,1H3/i2D,3D,4D,10D,11D. The lowest BCUT2D eigenvalue weighted by molar-refractivity contribution is 0.992. The Labute approximate surface area is 176 Å². The molecule has 29 heavy (non-hydrogen) atoms. The van der Waals surface area contributed by atoms with Gasteiger partial charge in [0, 0.05) is 11.1 Å². The van der Waals surface area contributed by atoms with Gasteiger partial charge in [0.25, 0.3) is 0 Å². The molecule has 5 aromatic rings. The Bertz CT molecular complexity index is 1550. The van der Waals surface area contributed by atoms with Gasteiger partial charge in [-0.2, -0.15) is 0 Å². The molecule has 0 amide bonds. The van der Waals surface area contributed by atoms with Crippen LogP contribution in [0.4, 0.5) is 0 Å². The third kappa shape index (κ3) is 3.39. The Morgan fingerprint density at radius 3 is 2.14 bits per heavy atom. The van der Waals surface area contributed by atoms with Gasteiger partial charge >= 0.3 is 0 Å². The van der Waals surface area contributed by atoms with Crippen molar-refractivity contribution in [2.24, 2.45) is 0 Å². The van der Waals surface area contributed by atoms with E-state index in [0.717, 1.165) is 16.3 Å². The summed E-state index contributed by atoms with van der Waals surface area (Å²) in [5, 5.41) is 2.18.